The SMILES string of the molecule is COCCCNC1=C(C(=O)/C(=C\CC(C)C)C2CC(C(=O)C(C)C)CN(C(=O)OC(C)(C)C)C2)CN=C(C(C)(C)C)N1. The molecule has 1 saturated heterocycles. The third kappa shape index (κ3) is 10.5. The van der Waals surface area contributed by atoms with Gasteiger partial charge in [0.05, 0.1) is 12.1 Å². The normalized spacial score (nSPS) is 20.5. The maximum Gasteiger partial charge on any atom is 0.410 e. The van der Waals surface area contributed by atoms with Gasteiger partial charge in [0.2, 0.25) is 0 Å². The van der Waals surface area contributed by atoms with Crippen LogP contribution in [0.1, 0.15) is 88.5 Å². The quantitative estimate of drug-likeness (QED) is 0.228. The second-order valence-corrected chi connectivity index (χ2v) is 14.4. The van der Waals surface area contributed by atoms with Gasteiger partial charge in [-0.1, -0.05) is 54.5 Å². The summed E-state index contributed by atoms with van der Waals surface area (Å²) < 4.78 is 10.9. The molecule has 0 aromatic rings. The fraction of sp³-hybridized carbons (Fsp3) is 0.758. The van der Waals surface area contributed by atoms with Gasteiger partial charge in [-0.2, -0.15) is 0 Å². The van der Waals surface area contributed by atoms with E-state index in [4.69, 9.17) is 14.5 Å². The van der Waals surface area contributed by atoms with E-state index in [1.54, 1.807) is 12.0 Å². The molecule has 2 aliphatic heterocycles. The highest BCUT2D eigenvalue weighted by molar-refractivity contribution is 6.10. The van der Waals surface area contributed by atoms with Crippen LogP contribution in [0.15, 0.2) is 28.0 Å². The number of nitrogens with zero attached hydrogens (tertiary/aromatic N) is 2. The Morgan fingerprint density at radius 2 is 1.71 bits per heavy atom. The lowest BCUT2D eigenvalue weighted by atomic mass is 9.77. The van der Waals surface area contributed by atoms with E-state index in [9.17, 15) is 14.4 Å². The molecule has 0 bridgehead atoms. The number of Topliss-reactive ketones (excluding diaryl/α,β-unsaturated/α-hetero) is 2. The molecule has 9 nitrogen and oxygen atoms in total. The number of hydrogen-bond donors (Lipinski definition) is 2. The summed E-state index contributed by atoms with van der Waals surface area (Å²) in [4.78, 5) is 47.4. The standard InChI is InChI=1S/C33H56N4O5/c1-21(2)13-14-25(23-17-24(27(38)22(3)4)20-37(19-23)31(40)42-33(8,9)10)28(39)26-18-35-30(32(5,6)7)36-29(26)34-15-12-16-41-11/h14,21-24,34H,12-13,15-20H2,1-11H3,(H,35,36)/b25-14-. The molecule has 9 heteroatoms. The molecule has 0 spiro atoms. The summed E-state index contributed by atoms with van der Waals surface area (Å²) in [5, 5.41) is 6.84. The van der Waals surface area contributed by atoms with Crippen LogP contribution >= 0.6 is 0 Å². The fourth-order valence-corrected chi connectivity index (χ4v) is 5.12. The van der Waals surface area contributed by atoms with Crippen molar-refractivity contribution in [2.75, 3.05) is 39.9 Å². The van der Waals surface area contributed by atoms with E-state index in [1.165, 1.54) is 0 Å². The molecule has 42 heavy (non-hydrogen) atoms. The first-order valence-corrected chi connectivity index (χ1v) is 15.5. The van der Waals surface area contributed by atoms with Gasteiger partial charge in [-0.3, -0.25) is 14.6 Å². The largest absolute Gasteiger partial charge is 0.444 e. The van der Waals surface area contributed by atoms with Gasteiger partial charge in [0.15, 0.2) is 5.78 Å². The number of amides is 1. The molecule has 238 valence electrons. The van der Waals surface area contributed by atoms with Crippen molar-refractivity contribution in [3.63, 3.8) is 0 Å². The minimum Gasteiger partial charge on any atom is -0.444 e. The van der Waals surface area contributed by atoms with Gasteiger partial charge in [0.1, 0.15) is 23.0 Å². The topological polar surface area (TPSA) is 109 Å². The molecule has 2 atom stereocenters. The number of amidine groups is 1. The smallest absolute Gasteiger partial charge is 0.410 e. The van der Waals surface area contributed by atoms with Crippen LogP contribution in [-0.2, 0) is 19.1 Å². The molecular weight excluding hydrogens is 532 g/mol. The van der Waals surface area contributed by atoms with Crippen molar-refractivity contribution in [3.05, 3.63) is 23.0 Å². The Morgan fingerprint density at radius 3 is 2.26 bits per heavy atom. The van der Waals surface area contributed by atoms with Gasteiger partial charge < -0.3 is 25.0 Å². The van der Waals surface area contributed by atoms with E-state index in [0.29, 0.717) is 62.0 Å². The number of aliphatic imine (C=N–C) groups is 1. The van der Waals surface area contributed by atoms with Gasteiger partial charge in [0, 0.05) is 62.1 Å². The van der Waals surface area contributed by atoms with Crippen LogP contribution in [0, 0.1) is 29.1 Å². The van der Waals surface area contributed by atoms with Crippen molar-refractivity contribution >= 4 is 23.5 Å². The van der Waals surface area contributed by atoms with Crippen LogP contribution in [0.2, 0.25) is 0 Å². The first kappa shape index (κ1) is 35.5. The number of piperidine rings is 1. The molecule has 0 aliphatic carbocycles. The Bertz CT molecular complexity index is 1060. The fourth-order valence-electron chi connectivity index (χ4n) is 5.12. The Morgan fingerprint density at radius 1 is 1.07 bits per heavy atom. The first-order chi connectivity index (χ1) is 19.4. The van der Waals surface area contributed by atoms with Gasteiger partial charge in [-0.05, 0) is 46.0 Å². The van der Waals surface area contributed by atoms with Gasteiger partial charge in [0.25, 0.3) is 0 Å². The third-order valence-corrected chi connectivity index (χ3v) is 7.34. The second kappa shape index (κ2) is 15.2. The summed E-state index contributed by atoms with van der Waals surface area (Å²) in [6.07, 6.45) is 3.57. The highest BCUT2D eigenvalue weighted by Crippen LogP contribution is 2.33. The summed E-state index contributed by atoms with van der Waals surface area (Å²) in [5.74, 6) is 0.970. The molecule has 0 saturated carbocycles. The van der Waals surface area contributed by atoms with Crippen molar-refractivity contribution in [2.24, 2.45) is 34.1 Å². The van der Waals surface area contributed by atoms with Crippen molar-refractivity contribution in [1.82, 2.24) is 15.5 Å². The minimum absolute atomic E-state index is 0.0964. The third-order valence-electron chi connectivity index (χ3n) is 7.34. The molecule has 0 aromatic carbocycles. The van der Waals surface area contributed by atoms with Crippen LogP contribution in [0.3, 0.4) is 0 Å². The zero-order valence-electron chi connectivity index (χ0n) is 28.0. The monoisotopic (exact) mass is 588 g/mol. The van der Waals surface area contributed by atoms with Crippen molar-refractivity contribution < 1.29 is 23.9 Å². The Kier molecular flexibility index (Phi) is 12.8. The summed E-state index contributed by atoms with van der Waals surface area (Å²) >= 11 is 0. The Hall–Kier alpha value is -2.68. The van der Waals surface area contributed by atoms with Crippen molar-refractivity contribution in [2.45, 2.75) is 94.1 Å². The number of hydrogen-bond acceptors (Lipinski definition) is 8. The van der Waals surface area contributed by atoms with Crippen molar-refractivity contribution in [3.8, 4) is 0 Å². The van der Waals surface area contributed by atoms with Gasteiger partial charge in [-0.15, -0.1) is 0 Å². The lowest BCUT2D eigenvalue weighted by Gasteiger charge is -2.39. The molecule has 1 amide bonds. The lowest BCUT2D eigenvalue weighted by Crippen LogP contribution is -2.49. The molecule has 2 unspecified atom stereocenters. The van der Waals surface area contributed by atoms with Crippen molar-refractivity contribution in [1.29, 1.82) is 0 Å². The minimum atomic E-state index is -0.668. The second-order valence-electron chi connectivity index (χ2n) is 14.4. The number of allylic oxidation sites excluding steroid dienone is 1. The van der Waals surface area contributed by atoms with E-state index in [1.807, 2.05) is 40.7 Å². The maximum atomic E-state index is 14.5. The number of ketones is 2. The van der Waals surface area contributed by atoms with E-state index in [2.05, 4.69) is 45.3 Å². The van der Waals surface area contributed by atoms with Crippen LogP contribution in [0.4, 0.5) is 4.79 Å². The maximum absolute atomic E-state index is 14.5. The first-order valence-electron chi connectivity index (χ1n) is 15.5. The number of likely N-dealkylation sites (tertiary alicyclic amines) is 1. The molecule has 2 heterocycles. The van der Waals surface area contributed by atoms with Crippen LogP contribution in [-0.4, -0.2) is 73.9 Å². The highest BCUT2D eigenvalue weighted by Gasteiger charge is 2.40. The summed E-state index contributed by atoms with van der Waals surface area (Å²) in [5.41, 5.74) is 0.322. The molecule has 1 fully saturated rings. The molecular formula is C33H56N4O5. The summed E-state index contributed by atoms with van der Waals surface area (Å²) in [6, 6.07) is 0. The summed E-state index contributed by atoms with van der Waals surface area (Å²) in [6.45, 7) is 21.8. The predicted molar refractivity (Wildman–Crippen MR) is 168 cm³/mol. The number of methoxy groups -OCH3 is 1. The zero-order valence-corrected chi connectivity index (χ0v) is 28.0. The summed E-state index contributed by atoms with van der Waals surface area (Å²) in [7, 11) is 1.67. The van der Waals surface area contributed by atoms with E-state index < -0.39 is 11.7 Å². The lowest BCUT2D eigenvalue weighted by molar-refractivity contribution is -0.128. The van der Waals surface area contributed by atoms with Crippen LogP contribution in [0.5, 0.6) is 0 Å². The van der Waals surface area contributed by atoms with E-state index in [-0.39, 0.29) is 41.3 Å². The van der Waals surface area contributed by atoms with Gasteiger partial charge in [-0.25, -0.2) is 4.79 Å². The van der Waals surface area contributed by atoms with Crippen LogP contribution in [0.25, 0.3) is 0 Å². The van der Waals surface area contributed by atoms with E-state index >= 15 is 0 Å². The zero-order chi connectivity index (χ0) is 31.8. The Balaban J connectivity index is 2.53. The molecule has 2 rings (SSSR count). The molecule has 0 radical (unpaired) electrons. The Labute approximate surface area is 253 Å². The molecule has 2 aliphatic rings. The predicted octanol–water partition coefficient (Wildman–Crippen LogP) is 5.51. The molecule has 2 N–H and O–H groups in total. The molecule has 0 aromatic heterocycles. The highest BCUT2D eigenvalue weighted by atomic mass is 16.6. The number of carbonyl (C=O) groups is 3. The number of rotatable bonds is 12. The average molecular weight is 589 g/mol. The van der Waals surface area contributed by atoms with Crippen LogP contribution < -0.4 is 10.6 Å². The number of nitrogens with one attached hydrogen (secondary N) is 2. The number of ether oxygens (including phenoxy) is 2. The average Bonchev–Trinajstić information content (AvgIpc) is 2.88. The van der Waals surface area contributed by atoms with E-state index in [0.717, 1.165) is 12.3 Å². The van der Waals surface area contributed by atoms with Gasteiger partial charge >= 0.3 is 6.09 Å². The number of carbonyl (C=O) groups excluding carboxylic acids is 3.